The molecule has 1 rings (SSSR count). The average Bonchev–Trinajstić information content (AvgIpc) is 2.17. The number of hydrogen-bond donors (Lipinski definition) is 2. The number of aliphatic hydroxyl groups is 1. The molecule has 0 bridgehead atoms. The molecule has 0 aliphatic heterocycles. The molecule has 14 heavy (non-hydrogen) atoms. The molecular formula is C11H17NO2. The zero-order valence-corrected chi connectivity index (χ0v) is 8.55. The van der Waals surface area contributed by atoms with Crippen LogP contribution in [-0.4, -0.2) is 23.7 Å². The molecule has 1 aliphatic rings. The lowest BCUT2D eigenvalue weighted by molar-refractivity contribution is -0.115. The smallest absolute Gasteiger partial charge is 0.295 e. The molecule has 0 radical (unpaired) electrons. The first-order chi connectivity index (χ1) is 6.72. The molecule has 0 heterocycles. The fraction of sp³-hybridized carbons (Fsp3) is 0.727. The second-order valence-corrected chi connectivity index (χ2v) is 3.76. The maximum absolute atomic E-state index is 11.0. The molecule has 0 aromatic rings. The van der Waals surface area contributed by atoms with Crippen LogP contribution in [0.25, 0.3) is 0 Å². The maximum Gasteiger partial charge on any atom is 0.295 e. The molecule has 1 fully saturated rings. The van der Waals surface area contributed by atoms with Crippen LogP contribution in [-0.2, 0) is 4.79 Å². The van der Waals surface area contributed by atoms with Crippen LogP contribution in [0.5, 0.6) is 0 Å². The maximum atomic E-state index is 11.0. The van der Waals surface area contributed by atoms with E-state index in [1.165, 1.54) is 0 Å². The Morgan fingerprint density at radius 3 is 2.64 bits per heavy atom. The van der Waals surface area contributed by atoms with E-state index in [-0.39, 0.29) is 12.0 Å². The number of aliphatic hydroxyl groups excluding tert-OH is 1. The highest BCUT2D eigenvalue weighted by Crippen LogP contribution is 2.23. The van der Waals surface area contributed by atoms with Crippen LogP contribution in [0.4, 0.5) is 0 Å². The second kappa shape index (κ2) is 5.66. The van der Waals surface area contributed by atoms with E-state index in [0.29, 0.717) is 12.5 Å². The largest absolute Gasteiger partial charge is 0.393 e. The van der Waals surface area contributed by atoms with Crippen molar-refractivity contribution >= 4 is 5.91 Å². The van der Waals surface area contributed by atoms with E-state index in [9.17, 15) is 9.90 Å². The zero-order chi connectivity index (χ0) is 10.4. The van der Waals surface area contributed by atoms with E-state index < -0.39 is 0 Å². The summed E-state index contributed by atoms with van der Waals surface area (Å²) >= 11 is 0. The summed E-state index contributed by atoms with van der Waals surface area (Å²) in [6.07, 6.45) is 3.60. The van der Waals surface area contributed by atoms with Gasteiger partial charge in [0, 0.05) is 6.54 Å². The lowest BCUT2D eigenvalue weighted by Crippen LogP contribution is -2.31. The van der Waals surface area contributed by atoms with Gasteiger partial charge in [0.2, 0.25) is 0 Å². The summed E-state index contributed by atoms with van der Waals surface area (Å²) in [6, 6.07) is 0. The fourth-order valence-electron chi connectivity index (χ4n) is 1.74. The molecule has 3 heteroatoms. The standard InChI is InChI=1S/C11H17NO2/c1-2-3-11(14)12-8-9-4-6-10(13)7-5-9/h9-10,13H,4-8H2,1H3,(H,12,14). The van der Waals surface area contributed by atoms with E-state index in [0.717, 1.165) is 25.7 Å². The Hall–Kier alpha value is -1.01. The number of hydrogen-bond acceptors (Lipinski definition) is 2. The minimum absolute atomic E-state index is 0.127. The van der Waals surface area contributed by atoms with E-state index >= 15 is 0 Å². The predicted molar refractivity (Wildman–Crippen MR) is 54.4 cm³/mol. The molecule has 2 N–H and O–H groups in total. The van der Waals surface area contributed by atoms with Crippen LogP contribution < -0.4 is 5.32 Å². The third-order valence-electron chi connectivity index (χ3n) is 2.61. The van der Waals surface area contributed by atoms with Gasteiger partial charge in [0.05, 0.1) is 6.10 Å². The summed E-state index contributed by atoms with van der Waals surface area (Å²) in [4.78, 5) is 11.0. The van der Waals surface area contributed by atoms with Gasteiger partial charge < -0.3 is 10.4 Å². The molecule has 0 atom stereocenters. The monoisotopic (exact) mass is 195 g/mol. The van der Waals surface area contributed by atoms with Gasteiger partial charge in [-0.25, -0.2) is 0 Å². The highest BCUT2D eigenvalue weighted by Gasteiger charge is 2.19. The van der Waals surface area contributed by atoms with Crippen molar-refractivity contribution in [2.24, 2.45) is 5.92 Å². The lowest BCUT2D eigenvalue weighted by atomic mass is 9.87. The summed E-state index contributed by atoms with van der Waals surface area (Å²) < 4.78 is 0. The summed E-state index contributed by atoms with van der Waals surface area (Å²) in [5.74, 6) is 5.32. The summed E-state index contributed by atoms with van der Waals surface area (Å²) in [6.45, 7) is 2.34. The molecule has 1 aliphatic carbocycles. The van der Waals surface area contributed by atoms with Crippen LogP contribution >= 0.6 is 0 Å². The first-order valence-corrected chi connectivity index (χ1v) is 5.11. The molecule has 0 aromatic heterocycles. The van der Waals surface area contributed by atoms with E-state index in [1.807, 2.05) is 0 Å². The Kier molecular flexibility index (Phi) is 4.48. The van der Waals surface area contributed by atoms with Gasteiger partial charge in [0.15, 0.2) is 0 Å². The van der Waals surface area contributed by atoms with Gasteiger partial charge in [0.1, 0.15) is 0 Å². The Balaban J connectivity index is 2.18. The highest BCUT2D eigenvalue weighted by atomic mass is 16.3. The molecule has 78 valence electrons. The van der Waals surface area contributed by atoms with Crippen LogP contribution in [0.2, 0.25) is 0 Å². The first kappa shape index (κ1) is 11.1. The molecular weight excluding hydrogens is 178 g/mol. The highest BCUT2D eigenvalue weighted by molar-refractivity contribution is 5.93. The molecule has 0 aromatic carbocycles. The number of nitrogens with one attached hydrogen (secondary N) is 1. The Bertz CT molecular complexity index is 244. The molecule has 0 spiro atoms. The Labute approximate surface area is 84.9 Å². The average molecular weight is 195 g/mol. The van der Waals surface area contributed by atoms with Crippen molar-refractivity contribution in [3.05, 3.63) is 0 Å². The molecule has 0 unspecified atom stereocenters. The van der Waals surface area contributed by atoms with E-state index in [1.54, 1.807) is 6.92 Å². The quantitative estimate of drug-likeness (QED) is 0.636. The summed E-state index contributed by atoms with van der Waals surface area (Å²) in [5, 5.41) is 12.1. The molecule has 3 nitrogen and oxygen atoms in total. The lowest BCUT2D eigenvalue weighted by Gasteiger charge is -2.24. The number of carbonyl (C=O) groups is 1. The number of carbonyl (C=O) groups excluding carboxylic acids is 1. The van der Waals surface area contributed by atoms with Crippen LogP contribution in [0.3, 0.4) is 0 Å². The van der Waals surface area contributed by atoms with Crippen molar-refractivity contribution in [2.45, 2.75) is 38.7 Å². The zero-order valence-electron chi connectivity index (χ0n) is 8.55. The summed E-state index contributed by atoms with van der Waals surface area (Å²) in [7, 11) is 0. The van der Waals surface area contributed by atoms with Gasteiger partial charge >= 0.3 is 0 Å². The van der Waals surface area contributed by atoms with Gasteiger partial charge in [-0.3, -0.25) is 4.79 Å². The van der Waals surface area contributed by atoms with Crippen molar-refractivity contribution in [1.82, 2.24) is 5.32 Å². The van der Waals surface area contributed by atoms with Crippen molar-refractivity contribution in [1.29, 1.82) is 0 Å². The SMILES string of the molecule is CC#CC(=O)NCC1CCC(O)CC1. The van der Waals surface area contributed by atoms with Gasteiger partial charge in [-0.05, 0) is 44.4 Å². The van der Waals surface area contributed by atoms with Gasteiger partial charge in [-0.15, -0.1) is 0 Å². The number of amides is 1. The van der Waals surface area contributed by atoms with Crippen molar-refractivity contribution in [3.63, 3.8) is 0 Å². The van der Waals surface area contributed by atoms with Gasteiger partial charge in [-0.2, -0.15) is 0 Å². The van der Waals surface area contributed by atoms with Crippen molar-refractivity contribution in [2.75, 3.05) is 6.54 Å². The van der Waals surface area contributed by atoms with Gasteiger partial charge in [-0.1, -0.05) is 5.92 Å². The van der Waals surface area contributed by atoms with Crippen LogP contribution in [0, 0.1) is 17.8 Å². The minimum atomic E-state index is -0.196. The minimum Gasteiger partial charge on any atom is -0.393 e. The van der Waals surface area contributed by atoms with Crippen LogP contribution in [0.1, 0.15) is 32.6 Å². The second-order valence-electron chi connectivity index (χ2n) is 3.76. The third-order valence-corrected chi connectivity index (χ3v) is 2.61. The number of rotatable bonds is 2. The normalized spacial score (nSPS) is 26.1. The van der Waals surface area contributed by atoms with Crippen molar-refractivity contribution in [3.8, 4) is 11.8 Å². The molecule has 1 amide bonds. The fourth-order valence-corrected chi connectivity index (χ4v) is 1.74. The van der Waals surface area contributed by atoms with E-state index in [2.05, 4.69) is 17.2 Å². The molecule has 0 saturated heterocycles. The summed E-state index contributed by atoms with van der Waals surface area (Å²) in [5.41, 5.74) is 0. The van der Waals surface area contributed by atoms with Crippen molar-refractivity contribution < 1.29 is 9.90 Å². The Morgan fingerprint density at radius 1 is 1.43 bits per heavy atom. The first-order valence-electron chi connectivity index (χ1n) is 5.11. The predicted octanol–water partition coefficient (Wildman–Crippen LogP) is 0.677. The Morgan fingerprint density at radius 2 is 2.07 bits per heavy atom. The van der Waals surface area contributed by atoms with Crippen LogP contribution in [0.15, 0.2) is 0 Å². The van der Waals surface area contributed by atoms with Gasteiger partial charge in [0.25, 0.3) is 5.91 Å². The third kappa shape index (κ3) is 3.80. The topological polar surface area (TPSA) is 49.3 Å². The molecule has 1 saturated carbocycles. The van der Waals surface area contributed by atoms with E-state index in [4.69, 9.17) is 0 Å².